The Balaban J connectivity index is 3.62. The average molecular weight is 236 g/mol. The second-order valence-electron chi connectivity index (χ2n) is 8.60. The van der Waals surface area contributed by atoms with Crippen molar-refractivity contribution in [2.75, 3.05) is 0 Å². The summed E-state index contributed by atoms with van der Waals surface area (Å²) >= 11 is 0. The lowest BCUT2D eigenvalue weighted by Crippen LogP contribution is -2.63. The predicted molar refractivity (Wildman–Crippen MR) is 78.0 cm³/mol. The standard InChI is InChI=1S/C17H32/c1-12-13(2,3)15(6,7)17(10,11)16(8,9)14(12,4)5/h1H2,2-11H3. The van der Waals surface area contributed by atoms with E-state index in [1.807, 2.05) is 0 Å². The van der Waals surface area contributed by atoms with Crippen LogP contribution >= 0.6 is 0 Å². The first-order valence-electron chi connectivity index (χ1n) is 6.85. The van der Waals surface area contributed by atoms with Crippen LogP contribution in [0.1, 0.15) is 69.2 Å². The summed E-state index contributed by atoms with van der Waals surface area (Å²) in [6, 6.07) is 0. The van der Waals surface area contributed by atoms with E-state index >= 15 is 0 Å². The molecular weight excluding hydrogens is 204 g/mol. The first-order chi connectivity index (χ1) is 7.15. The second-order valence-corrected chi connectivity index (χ2v) is 8.60. The van der Waals surface area contributed by atoms with Gasteiger partial charge in [-0.15, -0.1) is 0 Å². The Morgan fingerprint density at radius 1 is 0.529 bits per heavy atom. The molecule has 1 saturated carbocycles. The molecule has 0 amide bonds. The maximum absolute atomic E-state index is 4.48. The Morgan fingerprint density at radius 3 is 1.00 bits per heavy atom. The van der Waals surface area contributed by atoms with Gasteiger partial charge in [-0.1, -0.05) is 81.4 Å². The number of allylic oxidation sites excluding steroid dienone is 1. The van der Waals surface area contributed by atoms with Crippen LogP contribution in [0.3, 0.4) is 0 Å². The fourth-order valence-corrected chi connectivity index (χ4v) is 3.88. The van der Waals surface area contributed by atoms with Crippen LogP contribution in [0.5, 0.6) is 0 Å². The van der Waals surface area contributed by atoms with Crippen molar-refractivity contribution in [3.63, 3.8) is 0 Å². The first-order valence-corrected chi connectivity index (χ1v) is 6.85. The summed E-state index contributed by atoms with van der Waals surface area (Å²) in [6.07, 6.45) is 0. The highest BCUT2D eigenvalue weighted by atomic mass is 14.7. The van der Waals surface area contributed by atoms with Gasteiger partial charge in [0, 0.05) is 0 Å². The molecule has 0 aromatic rings. The third kappa shape index (κ3) is 1.30. The highest BCUT2D eigenvalue weighted by molar-refractivity contribution is 5.31. The second kappa shape index (κ2) is 3.19. The summed E-state index contributed by atoms with van der Waals surface area (Å²) in [6.45, 7) is 28.5. The average Bonchev–Trinajstić information content (AvgIpc) is 2.13. The van der Waals surface area contributed by atoms with Gasteiger partial charge in [-0.25, -0.2) is 0 Å². The van der Waals surface area contributed by atoms with E-state index in [1.54, 1.807) is 0 Å². The van der Waals surface area contributed by atoms with Gasteiger partial charge in [0.05, 0.1) is 0 Å². The van der Waals surface area contributed by atoms with Gasteiger partial charge in [-0.05, 0) is 27.1 Å². The molecule has 1 aliphatic carbocycles. The zero-order chi connectivity index (χ0) is 14.1. The van der Waals surface area contributed by atoms with Gasteiger partial charge >= 0.3 is 0 Å². The lowest BCUT2D eigenvalue weighted by molar-refractivity contribution is -0.168. The molecule has 0 bridgehead atoms. The number of hydrogen-bond donors (Lipinski definition) is 0. The van der Waals surface area contributed by atoms with E-state index in [4.69, 9.17) is 0 Å². The summed E-state index contributed by atoms with van der Waals surface area (Å²) in [7, 11) is 0. The lowest BCUT2D eigenvalue weighted by Gasteiger charge is -2.70. The van der Waals surface area contributed by atoms with Crippen LogP contribution in [0.15, 0.2) is 12.2 Å². The minimum Gasteiger partial charge on any atom is -0.0987 e. The van der Waals surface area contributed by atoms with Crippen LogP contribution < -0.4 is 0 Å². The normalized spacial score (nSPS) is 32.2. The predicted octanol–water partition coefficient (Wildman–Crippen LogP) is 5.69. The van der Waals surface area contributed by atoms with Crippen molar-refractivity contribution in [3.8, 4) is 0 Å². The van der Waals surface area contributed by atoms with Crippen LogP contribution in [0.4, 0.5) is 0 Å². The van der Waals surface area contributed by atoms with Gasteiger partial charge < -0.3 is 0 Å². The first kappa shape index (κ1) is 14.8. The summed E-state index contributed by atoms with van der Waals surface area (Å²) in [5.41, 5.74) is 2.45. The number of hydrogen-bond acceptors (Lipinski definition) is 0. The summed E-state index contributed by atoms with van der Waals surface area (Å²) in [4.78, 5) is 0. The van der Waals surface area contributed by atoms with E-state index in [2.05, 4.69) is 75.8 Å². The Morgan fingerprint density at radius 2 is 0.765 bits per heavy atom. The molecule has 0 unspecified atom stereocenters. The summed E-state index contributed by atoms with van der Waals surface area (Å²) in [5.74, 6) is 0. The molecule has 0 heterocycles. The molecule has 0 heteroatoms. The van der Waals surface area contributed by atoms with Crippen LogP contribution in [-0.2, 0) is 0 Å². The minimum absolute atomic E-state index is 0.162. The fraction of sp³-hybridized carbons (Fsp3) is 0.882. The molecule has 100 valence electrons. The monoisotopic (exact) mass is 236 g/mol. The van der Waals surface area contributed by atoms with Gasteiger partial charge in [0.1, 0.15) is 0 Å². The molecule has 1 rings (SSSR count). The van der Waals surface area contributed by atoms with Crippen molar-refractivity contribution in [1.29, 1.82) is 0 Å². The number of rotatable bonds is 0. The third-order valence-corrected chi connectivity index (χ3v) is 7.76. The van der Waals surface area contributed by atoms with Crippen molar-refractivity contribution in [3.05, 3.63) is 12.2 Å². The molecule has 0 aromatic carbocycles. The van der Waals surface area contributed by atoms with Crippen molar-refractivity contribution in [2.45, 2.75) is 69.2 Å². The molecule has 0 saturated heterocycles. The summed E-state index contributed by atoms with van der Waals surface area (Å²) in [5, 5.41) is 0. The van der Waals surface area contributed by atoms with Crippen LogP contribution in [-0.4, -0.2) is 0 Å². The Bertz CT molecular complexity index is 316. The Hall–Kier alpha value is -0.260. The molecule has 1 fully saturated rings. The van der Waals surface area contributed by atoms with Gasteiger partial charge in [-0.2, -0.15) is 0 Å². The van der Waals surface area contributed by atoms with Gasteiger partial charge in [0.2, 0.25) is 0 Å². The van der Waals surface area contributed by atoms with E-state index in [1.165, 1.54) is 5.57 Å². The molecule has 1 aliphatic rings. The molecule has 0 aliphatic heterocycles. The molecule has 0 atom stereocenters. The van der Waals surface area contributed by atoms with E-state index in [0.29, 0.717) is 0 Å². The Kier molecular flexibility index (Phi) is 2.78. The topological polar surface area (TPSA) is 0 Å². The largest absolute Gasteiger partial charge is 0.0987 e. The van der Waals surface area contributed by atoms with Crippen molar-refractivity contribution < 1.29 is 0 Å². The van der Waals surface area contributed by atoms with E-state index in [-0.39, 0.29) is 27.1 Å². The fourth-order valence-electron chi connectivity index (χ4n) is 3.88. The van der Waals surface area contributed by atoms with E-state index < -0.39 is 0 Å². The van der Waals surface area contributed by atoms with Crippen molar-refractivity contribution in [2.24, 2.45) is 27.1 Å². The van der Waals surface area contributed by atoms with Gasteiger partial charge in [-0.3, -0.25) is 0 Å². The maximum atomic E-state index is 4.48. The van der Waals surface area contributed by atoms with Crippen LogP contribution in [0.2, 0.25) is 0 Å². The van der Waals surface area contributed by atoms with Gasteiger partial charge in [0.25, 0.3) is 0 Å². The van der Waals surface area contributed by atoms with Crippen molar-refractivity contribution >= 4 is 0 Å². The van der Waals surface area contributed by atoms with Gasteiger partial charge in [0.15, 0.2) is 0 Å². The van der Waals surface area contributed by atoms with Crippen molar-refractivity contribution in [1.82, 2.24) is 0 Å². The summed E-state index contributed by atoms with van der Waals surface area (Å²) < 4.78 is 0. The quantitative estimate of drug-likeness (QED) is 0.474. The molecule has 0 radical (unpaired) electrons. The molecule has 17 heavy (non-hydrogen) atoms. The highest BCUT2D eigenvalue weighted by Gasteiger charge is 2.66. The molecule has 0 nitrogen and oxygen atoms in total. The van der Waals surface area contributed by atoms with Crippen LogP contribution in [0, 0.1) is 27.1 Å². The zero-order valence-corrected chi connectivity index (χ0v) is 13.7. The highest BCUT2D eigenvalue weighted by Crippen LogP contribution is 2.73. The maximum Gasteiger partial charge on any atom is -0.00854 e. The lowest BCUT2D eigenvalue weighted by atomic mass is 9.34. The Labute approximate surface area is 109 Å². The minimum atomic E-state index is 0.162. The molecule has 0 aromatic heterocycles. The molecule has 0 N–H and O–H groups in total. The SMILES string of the molecule is C=C1C(C)(C)C(C)(C)C(C)(C)C(C)(C)C1(C)C. The molecular formula is C17H32. The zero-order valence-electron chi connectivity index (χ0n) is 13.7. The third-order valence-electron chi connectivity index (χ3n) is 7.76. The van der Waals surface area contributed by atoms with Crippen LogP contribution in [0.25, 0.3) is 0 Å². The molecule has 0 spiro atoms. The van der Waals surface area contributed by atoms with E-state index in [9.17, 15) is 0 Å². The smallest absolute Gasteiger partial charge is 0.00854 e. The van der Waals surface area contributed by atoms with E-state index in [0.717, 1.165) is 0 Å².